The van der Waals surface area contributed by atoms with Crippen molar-refractivity contribution in [3.05, 3.63) is 40.1 Å². The summed E-state index contributed by atoms with van der Waals surface area (Å²) in [6, 6.07) is 3.94. The van der Waals surface area contributed by atoms with Crippen molar-refractivity contribution in [2.75, 3.05) is 13.2 Å². The third kappa shape index (κ3) is 5.19. The van der Waals surface area contributed by atoms with Gasteiger partial charge in [0, 0.05) is 5.03 Å². The molecule has 0 saturated carbocycles. The van der Waals surface area contributed by atoms with Gasteiger partial charge < -0.3 is 10.1 Å². The lowest BCUT2D eigenvalue weighted by Crippen LogP contribution is -2.29. The van der Waals surface area contributed by atoms with Crippen molar-refractivity contribution in [1.82, 2.24) is 5.32 Å². The molecule has 1 N–H and O–H groups in total. The lowest BCUT2D eigenvalue weighted by Gasteiger charge is -2.08. The first-order valence-electron chi connectivity index (χ1n) is 4.67. The van der Waals surface area contributed by atoms with E-state index in [2.05, 4.69) is 27.8 Å². The summed E-state index contributed by atoms with van der Waals surface area (Å²) in [7, 11) is 0. The van der Waals surface area contributed by atoms with Crippen molar-refractivity contribution in [2.45, 2.75) is 0 Å². The highest BCUT2D eigenvalue weighted by atomic mass is 79.9. The van der Waals surface area contributed by atoms with Gasteiger partial charge in [-0.05, 0) is 34.1 Å². The monoisotopic (exact) mass is 321 g/mol. The number of halogens is 3. The molecule has 0 radical (unpaired) electrons. The Bertz CT molecular complexity index is 439. The molecule has 0 aliphatic heterocycles. The normalized spacial score (nSPS) is 9.82. The number of rotatable bonds is 5. The van der Waals surface area contributed by atoms with Crippen LogP contribution in [-0.2, 0) is 4.79 Å². The molecule has 0 spiro atoms. The molecule has 0 saturated heterocycles. The minimum atomic E-state index is -0.382. The summed E-state index contributed by atoms with van der Waals surface area (Å²) in [5.74, 6) is -0.318. The van der Waals surface area contributed by atoms with Crippen LogP contribution in [0.4, 0.5) is 4.39 Å². The van der Waals surface area contributed by atoms with E-state index in [0.29, 0.717) is 15.3 Å². The van der Waals surface area contributed by atoms with Crippen LogP contribution in [0.2, 0.25) is 0 Å². The first kappa shape index (κ1) is 14.0. The van der Waals surface area contributed by atoms with Gasteiger partial charge in [-0.1, -0.05) is 18.2 Å². The molecule has 0 bridgehead atoms. The van der Waals surface area contributed by atoms with E-state index in [1.165, 1.54) is 18.2 Å². The number of ether oxygens (including phenoxy) is 1. The van der Waals surface area contributed by atoms with E-state index in [1.807, 2.05) is 0 Å². The molecule has 92 valence electrons. The molecule has 1 aromatic carbocycles. The van der Waals surface area contributed by atoms with E-state index in [9.17, 15) is 9.18 Å². The first-order valence-corrected chi connectivity index (χ1v) is 5.84. The average Bonchev–Trinajstić information content (AvgIpc) is 2.25. The van der Waals surface area contributed by atoms with Crippen molar-refractivity contribution in [1.29, 1.82) is 0 Å². The molecule has 17 heavy (non-hydrogen) atoms. The molecule has 1 rings (SSSR count). The molecule has 0 unspecified atom stereocenters. The minimum absolute atomic E-state index is 0.172. The second-order valence-electron chi connectivity index (χ2n) is 3.16. The number of amides is 1. The molecular formula is C11H10BrClFNO2. The zero-order valence-electron chi connectivity index (χ0n) is 8.80. The summed E-state index contributed by atoms with van der Waals surface area (Å²) < 4.78 is 18.4. The Morgan fingerprint density at radius 3 is 2.88 bits per heavy atom. The van der Waals surface area contributed by atoms with Crippen molar-refractivity contribution in [3.63, 3.8) is 0 Å². The predicted octanol–water partition coefficient (Wildman–Crippen LogP) is 2.84. The van der Waals surface area contributed by atoms with Crippen LogP contribution in [0, 0.1) is 5.82 Å². The largest absolute Gasteiger partial charge is 0.483 e. The highest BCUT2D eigenvalue weighted by molar-refractivity contribution is 9.10. The quantitative estimate of drug-likeness (QED) is 0.905. The second kappa shape index (κ2) is 6.61. The molecule has 3 nitrogen and oxygen atoms in total. The van der Waals surface area contributed by atoms with Gasteiger partial charge >= 0.3 is 0 Å². The standard InChI is InChI=1S/C11H10BrClFNO2/c1-7(13)5-15-11(16)6-17-10-3-2-8(14)4-9(10)12/h2-4H,1,5-6H2,(H,15,16). The molecule has 1 amide bonds. The van der Waals surface area contributed by atoms with E-state index < -0.39 is 0 Å². The lowest BCUT2D eigenvalue weighted by molar-refractivity contribution is -0.122. The van der Waals surface area contributed by atoms with Gasteiger partial charge in [0.05, 0.1) is 11.0 Å². The van der Waals surface area contributed by atoms with Crippen molar-refractivity contribution >= 4 is 33.4 Å². The Hall–Kier alpha value is -1.07. The summed E-state index contributed by atoms with van der Waals surface area (Å²) in [5.41, 5.74) is 0. The van der Waals surface area contributed by atoms with Crippen LogP contribution in [0.1, 0.15) is 0 Å². The fraction of sp³-hybridized carbons (Fsp3) is 0.182. The van der Waals surface area contributed by atoms with Crippen LogP contribution in [0.5, 0.6) is 5.75 Å². The Kier molecular flexibility index (Phi) is 5.44. The van der Waals surface area contributed by atoms with E-state index in [4.69, 9.17) is 16.3 Å². The van der Waals surface area contributed by atoms with Crippen molar-refractivity contribution in [2.24, 2.45) is 0 Å². The molecule has 0 aliphatic carbocycles. The van der Waals surface area contributed by atoms with E-state index in [-0.39, 0.29) is 24.9 Å². The third-order valence-corrected chi connectivity index (χ3v) is 2.48. The van der Waals surface area contributed by atoms with Gasteiger partial charge in [-0.15, -0.1) is 0 Å². The fourth-order valence-electron chi connectivity index (χ4n) is 0.981. The number of carbonyl (C=O) groups is 1. The van der Waals surface area contributed by atoms with Gasteiger partial charge in [-0.25, -0.2) is 4.39 Å². The highest BCUT2D eigenvalue weighted by Crippen LogP contribution is 2.25. The van der Waals surface area contributed by atoms with Gasteiger partial charge in [-0.2, -0.15) is 0 Å². The molecule has 1 aromatic rings. The van der Waals surface area contributed by atoms with Crippen LogP contribution in [0.25, 0.3) is 0 Å². The molecule has 0 aromatic heterocycles. The van der Waals surface area contributed by atoms with E-state index >= 15 is 0 Å². The molecule has 6 heteroatoms. The van der Waals surface area contributed by atoms with Crippen LogP contribution in [-0.4, -0.2) is 19.1 Å². The molecule has 0 aliphatic rings. The Morgan fingerprint density at radius 2 is 2.29 bits per heavy atom. The summed E-state index contributed by atoms with van der Waals surface area (Å²) >= 11 is 8.61. The average molecular weight is 323 g/mol. The zero-order chi connectivity index (χ0) is 12.8. The van der Waals surface area contributed by atoms with Crippen LogP contribution >= 0.6 is 27.5 Å². The maximum Gasteiger partial charge on any atom is 0.258 e. The maximum atomic E-state index is 12.8. The topological polar surface area (TPSA) is 38.3 Å². The van der Waals surface area contributed by atoms with Crippen molar-refractivity contribution < 1.29 is 13.9 Å². The Labute approximate surface area is 112 Å². The number of carbonyl (C=O) groups excluding carboxylic acids is 1. The lowest BCUT2D eigenvalue weighted by atomic mass is 10.3. The second-order valence-corrected chi connectivity index (χ2v) is 4.55. The van der Waals surface area contributed by atoms with Crippen LogP contribution in [0.15, 0.2) is 34.3 Å². The summed E-state index contributed by atoms with van der Waals surface area (Å²) in [6.45, 7) is 3.45. The molecular weight excluding hydrogens is 312 g/mol. The van der Waals surface area contributed by atoms with Gasteiger partial charge in [0.1, 0.15) is 11.6 Å². The van der Waals surface area contributed by atoms with Crippen LogP contribution < -0.4 is 10.1 Å². The van der Waals surface area contributed by atoms with Crippen LogP contribution in [0.3, 0.4) is 0 Å². The highest BCUT2D eigenvalue weighted by Gasteiger charge is 2.06. The molecule has 0 heterocycles. The van der Waals surface area contributed by atoms with Crippen molar-refractivity contribution in [3.8, 4) is 5.75 Å². The number of benzene rings is 1. The fourth-order valence-corrected chi connectivity index (χ4v) is 1.51. The number of nitrogens with one attached hydrogen (secondary N) is 1. The smallest absolute Gasteiger partial charge is 0.258 e. The predicted molar refractivity (Wildman–Crippen MR) is 67.6 cm³/mol. The summed E-state index contributed by atoms with van der Waals surface area (Å²) in [6.07, 6.45) is 0. The Balaban J connectivity index is 2.44. The van der Waals surface area contributed by atoms with Gasteiger partial charge in [0.15, 0.2) is 6.61 Å². The summed E-state index contributed by atoms with van der Waals surface area (Å²) in [4.78, 5) is 11.3. The summed E-state index contributed by atoms with van der Waals surface area (Å²) in [5, 5.41) is 2.83. The SMILES string of the molecule is C=C(Cl)CNC(=O)COc1ccc(F)cc1Br. The Morgan fingerprint density at radius 1 is 1.59 bits per heavy atom. The minimum Gasteiger partial charge on any atom is -0.483 e. The first-order chi connectivity index (χ1) is 7.99. The number of hydrogen-bond acceptors (Lipinski definition) is 2. The number of hydrogen-bond donors (Lipinski definition) is 1. The van der Waals surface area contributed by atoms with Gasteiger partial charge in [0.25, 0.3) is 5.91 Å². The maximum absolute atomic E-state index is 12.8. The third-order valence-electron chi connectivity index (χ3n) is 1.73. The zero-order valence-corrected chi connectivity index (χ0v) is 11.1. The van der Waals surface area contributed by atoms with E-state index in [1.54, 1.807) is 0 Å². The van der Waals surface area contributed by atoms with Gasteiger partial charge in [0.2, 0.25) is 0 Å². The molecule has 0 atom stereocenters. The molecule has 0 fully saturated rings. The van der Waals surface area contributed by atoms with Gasteiger partial charge in [-0.3, -0.25) is 4.79 Å². The van der Waals surface area contributed by atoms with E-state index in [0.717, 1.165) is 0 Å².